The highest BCUT2D eigenvalue weighted by Crippen LogP contribution is 2.23. The lowest BCUT2D eigenvalue weighted by atomic mass is 10.2. The summed E-state index contributed by atoms with van der Waals surface area (Å²) in [5.41, 5.74) is 0.839. The molecule has 2 rings (SSSR count). The number of halogens is 1. The molecule has 132 valence electrons. The first-order chi connectivity index (χ1) is 11.9. The number of phenols is 1. The van der Waals surface area contributed by atoms with Crippen LogP contribution in [0.15, 0.2) is 46.9 Å². The fourth-order valence-corrected chi connectivity index (χ4v) is 2.53. The Morgan fingerprint density at radius 3 is 2.64 bits per heavy atom. The van der Waals surface area contributed by atoms with Crippen LogP contribution in [0, 0.1) is 0 Å². The van der Waals surface area contributed by atoms with E-state index in [0.29, 0.717) is 16.8 Å². The van der Waals surface area contributed by atoms with Gasteiger partial charge < -0.3 is 19.5 Å². The first kappa shape index (κ1) is 18.8. The van der Waals surface area contributed by atoms with Crippen LogP contribution in [0.5, 0.6) is 11.5 Å². The quantitative estimate of drug-likeness (QED) is 0.744. The van der Waals surface area contributed by atoms with Gasteiger partial charge >= 0.3 is 5.97 Å². The minimum atomic E-state index is -0.766. The average molecular weight is 408 g/mol. The Balaban J connectivity index is 1.95. The van der Waals surface area contributed by atoms with Gasteiger partial charge in [-0.3, -0.25) is 4.79 Å². The molecule has 0 fully saturated rings. The summed E-state index contributed by atoms with van der Waals surface area (Å²) in [6, 6.07) is 11.8. The SMILES string of the molecule is COc1ccccc1CN(C)C(=O)COC(=O)c1cc(Br)ccc1O. The van der Waals surface area contributed by atoms with Crippen LogP contribution in [0.4, 0.5) is 0 Å². The standard InChI is InChI=1S/C18H18BrNO5/c1-20(10-12-5-3-4-6-16(12)24-2)17(22)11-25-18(23)14-9-13(19)7-8-15(14)21/h3-9,21H,10-11H2,1-2H3. The van der Waals surface area contributed by atoms with Crippen molar-refractivity contribution in [2.24, 2.45) is 0 Å². The summed E-state index contributed by atoms with van der Waals surface area (Å²) in [5, 5.41) is 9.70. The van der Waals surface area contributed by atoms with Crippen molar-refractivity contribution in [2.45, 2.75) is 6.54 Å². The number of methoxy groups -OCH3 is 1. The number of benzene rings is 2. The predicted octanol–water partition coefficient (Wildman–Crippen LogP) is 2.98. The van der Waals surface area contributed by atoms with E-state index < -0.39 is 12.6 Å². The molecule has 1 amide bonds. The molecule has 2 aromatic rings. The number of hydrogen-bond donors (Lipinski definition) is 1. The number of esters is 1. The van der Waals surface area contributed by atoms with Gasteiger partial charge in [0.25, 0.3) is 5.91 Å². The van der Waals surface area contributed by atoms with Gasteiger partial charge in [-0.05, 0) is 24.3 Å². The van der Waals surface area contributed by atoms with Gasteiger partial charge in [0.1, 0.15) is 17.1 Å². The van der Waals surface area contributed by atoms with Crippen molar-refractivity contribution in [2.75, 3.05) is 20.8 Å². The van der Waals surface area contributed by atoms with Crippen molar-refractivity contribution in [1.82, 2.24) is 4.90 Å². The summed E-state index contributed by atoms with van der Waals surface area (Å²) in [4.78, 5) is 25.6. The Morgan fingerprint density at radius 1 is 1.20 bits per heavy atom. The summed E-state index contributed by atoms with van der Waals surface area (Å²) < 4.78 is 10.9. The molecular weight excluding hydrogens is 390 g/mol. The second kappa shape index (κ2) is 8.53. The molecule has 0 atom stereocenters. The summed E-state index contributed by atoms with van der Waals surface area (Å²) in [6.45, 7) is -0.0982. The largest absolute Gasteiger partial charge is 0.507 e. The van der Waals surface area contributed by atoms with Gasteiger partial charge in [-0.25, -0.2) is 4.79 Å². The molecule has 0 aliphatic heterocycles. The normalized spacial score (nSPS) is 10.2. The molecule has 7 heteroatoms. The molecule has 0 unspecified atom stereocenters. The van der Waals surface area contributed by atoms with E-state index in [1.165, 1.54) is 17.0 Å². The minimum Gasteiger partial charge on any atom is -0.507 e. The number of phenolic OH excluding ortho intramolecular Hbond substituents is 1. The molecule has 1 N–H and O–H groups in total. The van der Waals surface area contributed by atoms with Gasteiger partial charge in [0.2, 0.25) is 0 Å². The van der Waals surface area contributed by atoms with Crippen molar-refractivity contribution in [3.8, 4) is 11.5 Å². The van der Waals surface area contributed by atoms with Crippen LogP contribution in [-0.2, 0) is 16.1 Å². The van der Waals surface area contributed by atoms with Crippen molar-refractivity contribution in [3.05, 3.63) is 58.1 Å². The zero-order valence-electron chi connectivity index (χ0n) is 13.9. The van der Waals surface area contributed by atoms with Crippen LogP contribution >= 0.6 is 15.9 Å². The summed E-state index contributed by atoms with van der Waals surface area (Å²) in [7, 11) is 3.17. The molecule has 0 aromatic heterocycles. The number of carbonyl (C=O) groups excluding carboxylic acids is 2. The zero-order valence-corrected chi connectivity index (χ0v) is 15.4. The molecule has 0 heterocycles. The monoisotopic (exact) mass is 407 g/mol. The highest BCUT2D eigenvalue weighted by atomic mass is 79.9. The van der Waals surface area contributed by atoms with Gasteiger partial charge in [0.05, 0.1) is 7.11 Å². The highest BCUT2D eigenvalue weighted by molar-refractivity contribution is 9.10. The molecule has 0 saturated heterocycles. The molecule has 0 saturated carbocycles. The van der Waals surface area contributed by atoms with E-state index in [1.54, 1.807) is 20.2 Å². The van der Waals surface area contributed by atoms with Gasteiger partial charge in [-0.2, -0.15) is 0 Å². The third kappa shape index (κ3) is 4.96. The Kier molecular flexibility index (Phi) is 6.41. The number of ether oxygens (including phenoxy) is 2. The van der Waals surface area contributed by atoms with Crippen molar-refractivity contribution in [3.63, 3.8) is 0 Å². The Bertz CT molecular complexity index is 778. The van der Waals surface area contributed by atoms with E-state index in [1.807, 2.05) is 24.3 Å². The van der Waals surface area contributed by atoms with E-state index in [2.05, 4.69) is 15.9 Å². The van der Waals surface area contributed by atoms with Gasteiger partial charge in [-0.15, -0.1) is 0 Å². The number of rotatable bonds is 6. The van der Waals surface area contributed by atoms with E-state index in [4.69, 9.17) is 9.47 Å². The molecular formula is C18H18BrNO5. The lowest BCUT2D eigenvalue weighted by Crippen LogP contribution is -2.31. The fraction of sp³-hybridized carbons (Fsp3) is 0.222. The smallest absolute Gasteiger partial charge is 0.342 e. The van der Waals surface area contributed by atoms with Crippen molar-refractivity contribution in [1.29, 1.82) is 0 Å². The first-order valence-electron chi connectivity index (χ1n) is 7.44. The lowest BCUT2D eigenvalue weighted by molar-refractivity contribution is -0.133. The molecule has 0 bridgehead atoms. The van der Waals surface area contributed by atoms with E-state index >= 15 is 0 Å². The molecule has 6 nitrogen and oxygen atoms in total. The maximum absolute atomic E-state index is 12.2. The summed E-state index contributed by atoms with van der Waals surface area (Å²) in [5.74, 6) is -0.659. The van der Waals surface area contributed by atoms with Crippen LogP contribution in [0.1, 0.15) is 15.9 Å². The number of hydrogen-bond acceptors (Lipinski definition) is 5. The second-order valence-electron chi connectivity index (χ2n) is 5.30. The molecule has 0 radical (unpaired) electrons. The Labute approximate surface area is 154 Å². The highest BCUT2D eigenvalue weighted by Gasteiger charge is 2.17. The zero-order chi connectivity index (χ0) is 18.4. The maximum Gasteiger partial charge on any atom is 0.342 e. The number of nitrogens with zero attached hydrogens (tertiary/aromatic N) is 1. The van der Waals surface area contributed by atoms with E-state index in [0.717, 1.165) is 5.56 Å². The van der Waals surface area contributed by atoms with Crippen LogP contribution in [0.3, 0.4) is 0 Å². The average Bonchev–Trinajstić information content (AvgIpc) is 2.61. The Morgan fingerprint density at radius 2 is 1.92 bits per heavy atom. The molecule has 0 aliphatic rings. The maximum atomic E-state index is 12.2. The number of likely N-dealkylation sites (N-methyl/N-ethyl adjacent to an activating group) is 1. The van der Waals surface area contributed by atoms with Gasteiger partial charge in [0, 0.05) is 23.6 Å². The summed E-state index contributed by atoms with van der Waals surface area (Å²) >= 11 is 3.21. The van der Waals surface area contributed by atoms with E-state index in [-0.39, 0.29) is 17.2 Å². The van der Waals surface area contributed by atoms with Crippen molar-refractivity contribution < 1.29 is 24.2 Å². The third-order valence-electron chi connectivity index (χ3n) is 3.53. The predicted molar refractivity (Wildman–Crippen MR) is 95.6 cm³/mol. The van der Waals surface area contributed by atoms with Crippen LogP contribution < -0.4 is 4.74 Å². The Hall–Kier alpha value is -2.54. The molecule has 2 aromatic carbocycles. The third-order valence-corrected chi connectivity index (χ3v) is 4.02. The van der Waals surface area contributed by atoms with Gasteiger partial charge in [-0.1, -0.05) is 34.1 Å². The first-order valence-corrected chi connectivity index (χ1v) is 8.23. The second-order valence-corrected chi connectivity index (χ2v) is 6.21. The van der Waals surface area contributed by atoms with Gasteiger partial charge in [0.15, 0.2) is 6.61 Å². The van der Waals surface area contributed by atoms with Crippen LogP contribution in [-0.4, -0.2) is 42.6 Å². The number of carbonyl (C=O) groups is 2. The lowest BCUT2D eigenvalue weighted by Gasteiger charge is -2.18. The summed E-state index contributed by atoms with van der Waals surface area (Å²) in [6.07, 6.45) is 0. The molecule has 0 spiro atoms. The minimum absolute atomic E-state index is 0.00504. The van der Waals surface area contributed by atoms with Crippen LogP contribution in [0.25, 0.3) is 0 Å². The van der Waals surface area contributed by atoms with E-state index in [9.17, 15) is 14.7 Å². The molecule has 25 heavy (non-hydrogen) atoms. The molecule has 0 aliphatic carbocycles. The number of aromatic hydroxyl groups is 1. The van der Waals surface area contributed by atoms with Crippen molar-refractivity contribution >= 4 is 27.8 Å². The number of para-hydroxylation sites is 1. The fourth-order valence-electron chi connectivity index (χ4n) is 2.16. The van der Waals surface area contributed by atoms with Crippen LogP contribution in [0.2, 0.25) is 0 Å². The number of amides is 1. The topological polar surface area (TPSA) is 76.1 Å².